The zero-order valence-electron chi connectivity index (χ0n) is 24.5. The third-order valence-corrected chi connectivity index (χ3v) is 7.99. The van der Waals surface area contributed by atoms with Crippen LogP contribution in [0.25, 0.3) is 16.9 Å². The van der Waals surface area contributed by atoms with Gasteiger partial charge in [0.2, 0.25) is 0 Å². The summed E-state index contributed by atoms with van der Waals surface area (Å²) in [7, 11) is 0. The second-order valence-electron chi connectivity index (χ2n) is 12.2. The number of halogens is 1. The van der Waals surface area contributed by atoms with Crippen molar-refractivity contribution in [3.8, 4) is 17.0 Å². The lowest BCUT2D eigenvalue weighted by Gasteiger charge is -2.28. The number of carbonyl (C=O) groups is 2. The summed E-state index contributed by atoms with van der Waals surface area (Å²) in [6.07, 6.45) is 5.73. The second-order valence-corrected chi connectivity index (χ2v) is 12.2. The van der Waals surface area contributed by atoms with E-state index in [9.17, 15) is 14.7 Å². The molecule has 1 saturated carbocycles. The molecule has 0 saturated heterocycles. The highest BCUT2D eigenvalue weighted by molar-refractivity contribution is 5.93. The summed E-state index contributed by atoms with van der Waals surface area (Å²) >= 11 is 0. The standard InChI is InChI=1S/C31H39FN4O5/c1-17-20-12-9-13-40-27(20)22(32)14-21(17)26-25(28(30(38)39)41-31(3,4)5)18(2)34-24-15-23(35-36(24)26)29(37)33-16-19-10-7-6-8-11-19/h14-15,19,28H,6-13,16H2,1-5H3,(H,33,37)(H,38,39). The molecule has 3 aromatic rings. The number of nitrogens with zero attached hydrogens (tertiary/aromatic N) is 3. The maximum absolute atomic E-state index is 15.5. The Kier molecular flexibility index (Phi) is 8.05. The van der Waals surface area contributed by atoms with Gasteiger partial charge in [0.25, 0.3) is 5.91 Å². The number of carboxylic acid groups (broad SMARTS) is 1. The van der Waals surface area contributed by atoms with E-state index in [0.717, 1.165) is 30.4 Å². The van der Waals surface area contributed by atoms with Crippen molar-refractivity contribution in [2.45, 2.75) is 91.3 Å². The minimum atomic E-state index is -1.41. The fourth-order valence-corrected chi connectivity index (χ4v) is 6.03. The maximum Gasteiger partial charge on any atom is 0.337 e. The van der Waals surface area contributed by atoms with Crippen LogP contribution in [0.15, 0.2) is 12.1 Å². The molecule has 9 nitrogen and oxygen atoms in total. The molecule has 2 aliphatic rings. The molecule has 1 aliphatic carbocycles. The molecule has 10 heteroatoms. The molecule has 2 aromatic heterocycles. The van der Waals surface area contributed by atoms with Crippen molar-refractivity contribution in [2.24, 2.45) is 5.92 Å². The van der Waals surface area contributed by atoms with Crippen molar-refractivity contribution in [1.82, 2.24) is 19.9 Å². The number of ether oxygens (including phenoxy) is 2. The largest absolute Gasteiger partial charge is 0.490 e. The lowest BCUT2D eigenvalue weighted by Crippen LogP contribution is -2.30. The van der Waals surface area contributed by atoms with E-state index in [1.165, 1.54) is 29.8 Å². The third-order valence-electron chi connectivity index (χ3n) is 7.99. The predicted octanol–water partition coefficient (Wildman–Crippen LogP) is 5.73. The van der Waals surface area contributed by atoms with Crippen LogP contribution in [0, 0.1) is 25.6 Å². The molecule has 0 radical (unpaired) electrons. The fourth-order valence-electron chi connectivity index (χ4n) is 6.03. The van der Waals surface area contributed by atoms with Gasteiger partial charge in [-0.2, -0.15) is 5.10 Å². The van der Waals surface area contributed by atoms with Crippen LogP contribution in [-0.4, -0.2) is 50.3 Å². The number of hydrogen-bond donors (Lipinski definition) is 2. The van der Waals surface area contributed by atoms with E-state index in [2.05, 4.69) is 15.4 Å². The summed E-state index contributed by atoms with van der Waals surface area (Å²) in [5.74, 6) is -1.39. The normalized spacial score (nSPS) is 16.7. The van der Waals surface area contributed by atoms with Crippen LogP contribution < -0.4 is 10.1 Å². The van der Waals surface area contributed by atoms with Crippen molar-refractivity contribution >= 4 is 17.5 Å². The highest BCUT2D eigenvalue weighted by atomic mass is 19.1. The van der Waals surface area contributed by atoms with Crippen LogP contribution in [0.5, 0.6) is 5.75 Å². The molecular weight excluding hydrogens is 527 g/mol. The molecule has 1 atom stereocenters. The Balaban J connectivity index is 1.69. The predicted molar refractivity (Wildman–Crippen MR) is 152 cm³/mol. The van der Waals surface area contributed by atoms with Crippen molar-refractivity contribution in [3.63, 3.8) is 0 Å². The van der Waals surface area contributed by atoms with Crippen LogP contribution in [0.1, 0.15) is 98.3 Å². The van der Waals surface area contributed by atoms with Gasteiger partial charge in [0.05, 0.1) is 17.9 Å². The fraction of sp³-hybridized carbons (Fsp3) is 0.548. The number of nitrogens with one attached hydrogen (secondary N) is 1. The quantitative estimate of drug-likeness (QED) is 0.375. The van der Waals surface area contributed by atoms with Crippen LogP contribution in [0.3, 0.4) is 0 Å². The Labute approximate surface area is 239 Å². The number of carboxylic acids is 1. The molecule has 41 heavy (non-hydrogen) atoms. The van der Waals surface area contributed by atoms with Gasteiger partial charge < -0.3 is 19.9 Å². The van der Waals surface area contributed by atoms with Crippen LogP contribution in [0.4, 0.5) is 4.39 Å². The Bertz CT molecular complexity index is 1490. The molecule has 220 valence electrons. The van der Waals surface area contributed by atoms with Crippen molar-refractivity contribution in [2.75, 3.05) is 13.2 Å². The number of aryl methyl sites for hydroxylation is 1. The number of hydrogen-bond acceptors (Lipinski definition) is 6. The molecule has 1 aliphatic heterocycles. The highest BCUT2D eigenvalue weighted by Gasteiger charge is 2.35. The first-order chi connectivity index (χ1) is 19.4. The topological polar surface area (TPSA) is 115 Å². The summed E-state index contributed by atoms with van der Waals surface area (Å²) < 4.78 is 28.6. The number of fused-ring (bicyclic) bond motifs is 2. The average Bonchev–Trinajstić information content (AvgIpc) is 3.35. The first-order valence-corrected chi connectivity index (χ1v) is 14.5. The van der Waals surface area contributed by atoms with Gasteiger partial charge in [-0.25, -0.2) is 18.7 Å². The van der Waals surface area contributed by atoms with Gasteiger partial charge >= 0.3 is 5.97 Å². The molecule has 0 bridgehead atoms. The molecule has 0 spiro atoms. The maximum atomic E-state index is 15.5. The van der Waals surface area contributed by atoms with Crippen molar-refractivity contribution in [3.05, 3.63) is 46.0 Å². The van der Waals surface area contributed by atoms with E-state index in [1.54, 1.807) is 33.8 Å². The van der Waals surface area contributed by atoms with E-state index < -0.39 is 23.5 Å². The zero-order valence-corrected chi connectivity index (χ0v) is 24.5. The SMILES string of the molecule is Cc1nc2cc(C(=O)NCC3CCCCC3)nn2c(-c2cc(F)c3c(c2C)CCCO3)c1C(OC(C)(C)C)C(=O)O. The first kappa shape index (κ1) is 29.0. The van der Waals surface area contributed by atoms with E-state index in [0.29, 0.717) is 48.1 Å². The summed E-state index contributed by atoms with van der Waals surface area (Å²) in [4.78, 5) is 30.5. The van der Waals surface area contributed by atoms with Crippen LogP contribution in [-0.2, 0) is 16.0 Å². The van der Waals surface area contributed by atoms with Gasteiger partial charge in [0.15, 0.2) is 29.0 Å². The first-order valence-electron chi connectivity index (χ1n) is 14.5. The number of amides is 1. The lowest BCUT2D eigenvalue weighted by molar-refractivity contribution is -0.160. The molecule has 1 aromatic carbocycles. The van der Waals surface area contributed by atoms with Gasteiger partial charge in [-0.1, -0.05) is 19.3 Å². The monoisotopic (exact) mass is 566 g/mol. The molecule has 1 amide bonds. The smallest absolute Gasteiger partial charge is 0.337 e. The Morgan fingerprint density at radius 1 is 1.20 bits per heavy atom. The van der Waals surface area contributed by atoms with Crippen molar-refractivity contribution in [1.29, 1.82) is 0 Å². The lowest BCUT2D eigenvalue weighted by atomic mass is 9.89. The second kappa shape index (κ2) is 11.4. The number of aromatic nitrogens is 3. The Hall–Kier alpha value is -3.53. The summed E-state index contributed by atoms with van der Waals surface area (Å²) in [5, 5.41) is 17.9. The molecular formula is C31H39FN4O5. The molecule has 1 unspecified atom stereocenters. The van der Waals surface area contributed by atoms with E-state index >= 15 is 4.39 Å². The molecule has 3 heterocycles. The minimum absolute atomic E-state index is 0.161. The Morgan fingerprint density at radius 2 is 1.93 bits per heavy atom. The van der Waals surface area contributed by atoms with Crippen LogP contribution >= 0.6 is 0 Å². The van der Waals surface area contributed by atoms with E-state index in [4.69, 9.17) is 9.47 Å². The minimum Gasteiger partial charge on any atom is -0.490 e. The van der Waals surface area contributed by atoms with E-state index in [-0.39, 0.29) is 22.9 Å². The van der Waals surface area contributed by atoms with Gasteiger partial charge in [-0.15, -0.1) is 0 Å². The third kappa shape index (κ3) is 5.93. The molecule has 1 fully saturated rings. The van der Waals surface area contributed by atoms with Crippen LogP contribution in [0.2, 0.25) is 0 Å². The van der Waals surface area contributed by atoms with Gasteiger partial charge in [0, 0.05) is 35.0 Å². The number of aliphatic carboxylic acids is 1. The number of carbonyl (C=O) groups excluding carboxylic acids is 1. The van der Waals surface area contributed by atoms with E-state index in [1.807, 2.05) is 6.92 Å². The Morgan fingerprint density at radius 3 is 2.61 bits per heavy atom. The summed E-state index contributed by atoms with van der Waals surface area (Å²) in [5.41, 5.74) is 2.66. The van der Waals surface area contributed by atoms with Gasteiger partial charge in [-0.3, -0.25) is 4.79 Å². The molecule has 2 N–H and O–H groups in total. The number of rotatable bonds is 7. The zero-order chi connectivity index (χ0) is 29.5. The molecule has 5 rings (SSSR count). The number of benzene rings is 1. The van der Waals surface area contributed by atoms with Gasteiger partial charge in [-0.05, 0) is 77.8 Å². The van der Waals surface area contributed by atoms with Gasteiger partial charge in [0.1, 0.15) is 0 Å². The average molecular weight is 567 g/mol. The summed E-state index contributed by atoms with van der Waals surface area (Å²) in [6.45, 7) is 9.90. The van der Waals surface area contributed by atoms with Crippen molar-refractivity contribution < 1.29 is 28.6 Å². The summed E-state index contributed by atoms with van der Waals surface area (Å²) in [6, 6.07) is 2.95. The highest BCUT2D eigenvalue weighted by Crippen LogP contribution is 2.41.